The molecule has 1 amide bonds. The van der Waals surface area contributed by atoms with E-state index in [-0.39, 0.29) is 11.4 Å². The minimum Gasteiger partial charge on any atom is -0.364 e. The number of thioether (sulfide) groups is 1. The van der Waals surface area contributed by atoms with Crippen molar-refractivity contribution in [3.63, 3.8) is 0 Å². The second-order valence-electron chi connectivity index (χ2n) is 9.40. The summed E-state index contributed by atoms with van der Waals surface area (Å²) in [5, 5.41) is 0.710. The van der Waals surface area contributed by atoms with Crippen molar-refractivity contribution in [1.82, 2.24) is 4.90 Å². The topological polar surface area (TPSA) is 35.9 Å². The van der Waals surface area contributed by atoms with Gasteiger partial charge in [0, 0.05) is 24.3 Å². The molecule has 0 radical (unpaired) electrons. The van der Waals surface area contributed by atoms with Gasteiger partial charge in [-0.05, 0) is 93.3 Å². The number of para-hydroxylation sites is 1. The fourth-order valence-corrected chi connectivity index (χ4v) is 5.94. The van der Waals surface area contributed by atoms with Crippen molar-refractivity contribution in [2.24, 2.45) is 4.99 Å². The highest BCUT2D eigenvalue weighted by Crippen LogP contribution is 2.45. The molecule has 1 fully saturated rings. The van der Waals surface area contributed by atoms with Gasteiger partial charge in [-0.3, -0.25) is 9.69 Å². The molecule has 31 heavy (non-hydrogen) atoms. The first-order valence-corrected chi connectivity index (χ1v) is 11.7. The van der Waals surface area contributed by atoms with E-state index in [1.807, 2.05) is 36.4 Å². The van der Waals surface area contributed by atoms with E-state index < -0.39 is 0 Å². The van der Waals surface area contributed by atoms with Crippen LogP contribution in [0.2, 0.25) is 0 Å². The molecule has 0 bridgehead atoms. The zero-order valence-corrected chi connectivity index (χ0v) is 20.0. The van der Waals surface area contributed by atoms with E-state index in [0.29, 0.717) is 22.0 Å². The van der Waals surface area contributed by atoms with Crippen molar-refractivity contribution in [2.45, 2.75) is 58.5 Å². The number of benzene rings is 2. The Labute approximate surface area is 190 Å². The lowest BCUT2D eigenvalue weighted by atomic mass is 9.79. The summed E-state index contributed by atoms with van der Waals surface area (Å²) in [5.41, 5.74) is 4.73. The average molecular weight is 434 g/mol. The van der Waals surface area contributed by atoms with Crippen molar-refractivity contribution >= 4 is 40.3 Å². The Bertz CT molecular complexity index is 1060. The van der Waals surface area contributed by atoms with E-state index in [2.05, 4.69) is 62.7 Å². The summed E-state index contributed by atoms with van der Waals surface area (Å²) in [6.07, 6.45) is 3.12. The number of hydrogen-bond acceptors (Lipinski definition) is 4. The fourth-order valence-electron chi connectivity index (χ4n) is 4.95. The van der Waals surface area contributed by atoms with Crippen LogP contribution in [0, 0.1) is 0 Å². The third kappa shape index (κ3) is 4.16. The lowest BCUT2D eigenvalue weighted by Crippen LogP contribution is -2.51. The van der Waals surface area contributed by atoms with E-state index in [1.54, 1.807) is 11.9 Å². The molecule has 2 aromatic carbocycles. The number of fused-ring (bicyclic) bond motifs is 1. The number of hydrogen-bond donors (Lipinski definition) is 0. The largest absolute Gasteiger partial charge is 0.364 e. The number of rotatable bonds is 3. The van der Waals surface area contributed by atoms with Crippen LogP contribution in [0.15, 0.2) is 58.4 Å². The smallest absolute Gasteiger partial charge is 0.266 e. The number of amidine groups is 1. The molecular formula is C26H31N3OS. The van der Waals surface area contributed by atoms with Gasteiger partial charge < -0.3 is 4.90 Å². The molecule has 0 spiro atoms. The zero-order valence-electron chi connectivity index (χ0n) is 19.2. The molecule has 4 nitrogen and oxygen atoms in total. The number of aliphatic imine (C=N–C) groups is 1. The summed E-state index contributed by atoms with van der Waals surface area (Å²) in [5.74, 6) is 0.471. The maximum absolute atomic E-state index is 12.8. The van der Waals surface area contributed by atoms with Crippen molar-refractivity contribution in [3.8, 4) is 0 Å². The summed E-state index contributed by atoms with van der Waals surface area (Å²) in [6, 6.07) is 16.8. The first-order chi connectivity index (χ1) is 14.7. The monoisotopic (exact) mass is 433 g/mol. The van der Waals surface area contributed by atoms with Gasteiger partial charge in [0.1, 0.15) is 0 Å². The molecule has 2 heterocycles. The van der Waals surface area contributed by atoms with Crippen molar-refractivity contribution in [2.75, 3.05) is 11.9 Å². The molecule has 2 aliphatic rings. The number of likely N-dealkylation sites (N-methyl/N-ethyl adjacent to an activating group) is 1. The predicted octanol–water partition coefficient (Wildman–Crippen LogP) is 6.42. The number of nitrogens with zero attached hydrogens (tertiary/aromatic N) is 3. The predicted molar refractivity (Wildman–Crippen MR) is 133 cm³/mol. The zero-order chi connectivity index (χ0) is 22.3. The molecule has 0 N–H and O–H groups in total. The first kappa shape index (κ1) is 21.7. The van der Waals surface area contributed by atoms with Crippen molar-refractivity contribution < 1.29 is 4.79 Å². The van der Waals surface area contributed by atoms with Crippen molar-refractivity contribution in [3.05, 3.63) is 64.6 Å². The lowest BCUT2D eigenvalue weighted by Gasteiger charge is -2.50. The SMILES string of the molecule is CC(C)N1c2ccc(/C=C3\SC(=Nc4ccccc4)N(C)C3=O)cc2[C@H](C)CC1(C)C. The number of anilines is 1. The highest BCUT2D eigenvalue weighted by Gasteiger charge is 2.37. The minimum absolute atomic E-state index is 0.00427. The molecule has 5 heteroatoms. The Morgan fingerprint density at radius 2 is 1.87 bits per heavy atom. The van der Waals surface area contributed by atoms with Crippen molar-refractivity contribution in [1.29, 1.82) is 0 Å². The highest BCUT2D eigenvalue weighted by molar-refractivity contribution is 8.18. The second-order valence-corrected chi connectivity index (χ2v) is 10.4. The maximum Gasteiger partial charge on any atom is 0.266 e. The quantitative estimate of drug-likeness (QED) is 0.524. The molecule has 2 aromatic rings. The summed E-state index contributed by atoms with van der Waals surface area (Å²) in [6.45, 7) is 11.5. The number of amides is 1. The average Bonchev–Trinajstić information content (AvgIpc) is 2.96. The first-order valence-electron chi connectivity index (χ1n) is 10.9. The van der Waals surface area contributed by atoms with Crippen LogP contribution in [-0.4, -0.2) is 34.6 Å². The van der Waals surface area contributed by atoms with Crippen LogP contribution in [0.25, 0.3) is 6.08 Å². The van der Waals surface area contributed by atoms with Crippen LogP contribution in [-0.2, 0) is 4.79 Å². The van der Waals surface area contributed by atoms with Gasteiger partial charge in [-0.1, -0.05) is 31.2 Å². The summed E-state index contributed by atoms with van der Waals surface area (Å²) in [4.78, 5) is 22.4. The molecule has 1 atom stereocenters. The summed E-state index contributed by atoms with van der Waals surface area (Å²) < 4.78 is 0. The Kier molecular flexibility index (Phi) is 5.73. The number of carbonyl (C=O) groups excluding carboxylic acids is 1. The van der Waals surface area contributed by atoms with Gasteiger partial charge in [-0.25, -0.2) is 4.99 Å². The maximum atomic E-state index is 12.8. The van der Waals surface area contributed by atoms with Gasteiger partial charge in [-0.2, -0.15) is 0 Å². The minimum atomic E-state index is -0.00427. The van der Waals surface area contributed by atoms with Crippen LogP contribution in [0.5, 0.6) is 0 Å². The molecule has 0 saturated carbocycles. The molecular weight excluding hydrogens is 402 g/mol. The van der Waals surface area contributed by atoms with Gasteiger partial charge in [0.2, 0.25) is 0 Å². The van der Waals surface area contributed by atoms with Crippen LogP contribution >= 0.6 is 11.8 Å². The lowest BCUT2D eigenvalue weighted by molar-refractivity contribution is -0.121. The summed E-state index contributed by atoms with van der Waals surface area (Å²) in [7, 11) is 1.79. The van der Waals surface area contributed by atoms with Gasteiger partial charge in [0.25, 0.3) is 5.91 Å². The molecule has 0 aliphatic carbocycles. The van der Waals surface area contributed by atoms with Gasteiger partial charge >= 0.3 is 0 Å². The van der Waals surface area contributed by atoms with Gasteiger partial charge in [0.15, 0.2) is 5.17 Å². The van der Waals surface area contributed by atoms with Gasteiger partial charge in [-0.15, -0.1) is 0 Å². The normalized spacial score (nSPS) is 23.2. The van der Waals surface area contributed by atoms with E-state index >= 15 is 0 Å². The van der Waals surface area contributed by atoms with Gasteiger partial charge in [0.05, 0.1) is 10.6 Å². The molecule has 4 rings (SSSR count). The standard InChI is InChI=1S/C26H31N3OS/c1-17(2)29-22-13-12-19(14-21(22)18(3)16-26(29,4)5)15-23-24(30)28(6)25(31-23)27-20-10-8-7-9-11-20/h7-15,17-18H,16H2,1-6H3/b23-15-,27-25?/t18-/m1/s1. The van der Waals surface area contributed by atoms with E-state index in [4.69, 9.17) is 0 Å². The fraction of sp³-hybridized carbons (Fsp3) is 0.385. The Hall–Kier alpha value is -2.53. The Balaban J connectivity index is 1.66. The van der Waals surface area contributed by atoms with E-state index in [0.717, 1.165) is 17.7 Å². The van der Waals surface area contributed by atoms with E-state index in [9.17, 15) is 4.79 Å². The second kappa shape index (κ2) is 8.19. The Morgan fingerprint density at radius 1 is 1.16 bits per heavy atom. The number of carbonyl (C=O) groups is 1. The van der Waals surface area contributed by atoms with Crippen LogP contribution < -0.4 is 4.90 Å². The molecule has 0 unspecified atom stereocenters. The third-order valence-corrected chi connectivity index (χ3v) is 7.16. The van der Waals surface area contributed by atoms with Crippen LogP contribution in [0.3, 0.4) is 0 Å². The highest BCUT2D eigenvalue weighted by atomic mass is 32.2. The van der Waals surface area contributed by atoms with Crippen LogP contribution in [0.1, 0.15) is 58.1 Å². The summed E-state index contributed by atoms with van der Waals surface area (Å²) >= 11 is 1.44. The molecule has 0 aromatic heterocycles. The molecule has 1 saturated heterocycles. The van der Waals surface area contributed by atoms with Crippen LogP contribution in [0.4, 0.5) is 11.4 Å². The molecule has 2 aliphatic heterocycles. The Morgan fingerprint density at radius 3 is 2.55 bits per heavy atom. The third-order valence-electron chi connectivity index (χ3n) is 6.10. The van der Waals surface area contributed by atoms with E-state index in [1.165, 1.54) is 23.0 Å². The molecule has 162 valence electrons.